The van der Waals surface area contributed by atoms with Gasteiger partial charge in [0.25, 0.3) is 10.0 Å². The van der Waals surface area contributed by atoms with Gasteiger partial charge in [-0.2, -0.15) is 17.6 Å². The first-order valence-corrected chi connectivity index (χ1v) is 11.2. The fourth-order valence-corrected chi connectivity index (χ4v) is 4.12. The number of sulfonamides is 1. The maximum absolute atomic E-state index is 13.0. The highest BCUT2D eigenvalue weighted by molar-refractivity contribution is 7.90. The van der Waals surface area contributed by atoms with Gasteiger partial charge in [0.2, 0.25) is 5.91 Å². The second kappa shape index (κ2) is 7.18. The van der Waals surface area contributed by atoms with E-state index < -0.39 is 33.2 Å². The largest absolute Gasteiger partial charge is 0.435 e. The van der Waals surface area contributed by atoms with Gasteiger partial charge in [0, 0.05) is 25.7 Å². The van der Waals surface area contributed by atoms with Crippen LogP contribution in [0.25, 0.3) is 11.2 Å². The normalized spacial score (nSPS) is 19.7. The van der Waals surface area contributed by atoms with Crippen LogP contribution in [0.2, 0.25) is 0 Å². The highest BCUT2D eigenvalue weighted by Gasteiger charge is 2.52. The van der Waals surface area contributed by atoms with E-state index >= 15 is 0 Å². The number of carbonyl (C=O) groups excluding carboxylic acids is 1. The van der Waals surface area contributed by atoms with Crippen molar-refractivity contribution in [1.29, 1.82) is 0 Å². The molecule has 1 aliphatic heterocycles. The summed E-state index contributed by atoms with van der Waals surface area (Å²) in [6, 6.07) is 0.752. The topological polar surface area (TPSA) is 146 Å². The number of hydrogen-bond donors (Lipinski definition) is 1. The number of aromatic nitrogens is 4. The molecular formula is C18H18F3N7O3S. The van der Waals surface area contributed by atoms with E-state index in [9.17, 15) is 26.4 Å². The minimum absolute atomic E-state index is 0.0102. The molecule has 2 aliphatic rings. The van der Waals surface area contributed by atoms with E-state index in [1.165, 1.54) is 24.7 Å². The average Bonchev–Trinajstić information content (AvgIpc) is 3.47. The summed E-state index contributed by atoms with van der Waals surface area (Å²) in [5, 5.41) is 6.80. The van der Waals surface area contributed by atoms with Gasteiger partial charge < -0.3 is 10.3 Å². The number of aliphatic imine (C=N–C) groups is 1. The molecule has 170 valence electrons. The monoisotopic (exact) mass is 469 g/mol. The maximum Gasteiger partial charge on any atom is 0.435 e. The van der Waals surface area contributed by atoms with E-state index in [1.807, 2.05) is 0 Å². The van der Waals surface area contributed by atoms with E-state index in [1.54, 1.807) is 0 Å². The van der Waals surface area contributed by atoms with Crippen molar-refractivity contribution in [3.05, 3.63) is 29.4 Å². The Morgan fingerprint density at radius 2 is 2.00 bits per heavy atom. The predicted molar refractivity (Wildman–Crippen MR) is 108 cm³/mol. The number of nitrogens with zero attached hydrogens (tertiary/aromatic N) is 6. The van der Waals surface area contributed by atoms with Crippen molar-refractivity contribution in [1.82, 2.24) is 19.7 Å². The Morgan fingerprint density at radius 3 is 2.56 bits per heavy atom. The zero-order valence-electron chi connectivity index (χ0n) is 17.0. The molecule has 3 heterocycles. The molecule has 0 spiro atoms. The van der Waals surface area contributed by atoms with Crippen LogP contribution in [0.3, 0.4) is 0 Å². The van der Waals surface area contributed by atoms with Crippen molar-refractivity contribution >= 4 is 38.5 Å². The van der Waals surface area contributed by atoms with Crippen molar-refractivity contribution in [2.45, 2.75) is 32.4 Å². The van der Waals surface area contributed by atoms with Crippen molar-refractivity contribution in [2.75, 3.05) is 5.75 Å². The SMILES string of the molecule is CCS(=O)(=O)N=C1CC(C2(C(N)=O)CC2)=CN=C1c1nc2cc(C(F)(F)F)nnc2n1C. The third-order valence-corrected chi connectivity index (χ3v) is 6.78. The van der Waals surface area contributed by atoms with Gasteiger partial charge in [-0.3, -0.25) is 9.79 Å². The van der Waals surface area contributed by atoms with Crippen molar-refractivity contribution in [3.8, 4) is 0 Å². The van der Waals surface area contributed by atoms with Crippen LogP contribution in [-0.2, 0) is 28.0 Å². The summed E-state index contributed by atoms with van der Waals surface area (Å²) >= 11 is 0. The first-order valence-electron chi connectivity index (χ1n) is 9.55. The predicted octanol–water partition coefficient (Wildman–Crippen LogP) is 1.52. The first kappa shape index (κ1) is 22.0. The molecule has 1 saturated carbocycles. The minimum atomic E-state index is -4.70. The molecule has 1 fully saturated rings. The number of aryl methyl sites for hydroxylation is 1. The average molecular weight is 469 g/mol. The van der Waals surface area contributed by atoms with Crippen LogP contribution < -0.4 is 5.73 Å². The lowest BCUT2D eigenvalue weighted by Gasteiger charge is -2.21. The van der Waals surface area contributed by atoms with Crippen LogP contribution in [0.5, 0.6) is 0 Å². The second-order valence-electron chi connectivity index (χ2n) is 7.59. The van der Waals surface area contributed by atoms with Crippen LogP contribution in [0.4, 0.5) is 13.2 Å². The van der Waals surface area contributed by atoms with Crippen molar-refractivity contribution in [2.24, 2.45) is 27.6 Å². The summed E-state index contributed by atoms with van der Waals surface area (Å²) in [5.74, 6) is -0.733. The van der Waals surface area contributed by atoms with Crippen LogP contribution in [0.15, 0.2) is 27.2 Å². The number of amides is 1. The van der Waals surface area contributed by atoms with Gasteiger partial charge in [-0.25, -0.2) is 13.4 Å². The third kappa shape index (κ3) is 3.67. The summed E-state index contributed by atoms with van der Waals surface area (Å²) in [5.41, 5.74) is 4.02. The molecule has 2 N–H and O–H groups in total. The molecule has 0 bridgehead atoms. The zero-order chi connectivity index (χ0) is 23.5. The molecule has 0 aromatic carbocycles. The molecule has 0 atom stereocenters. The van der Waals surface area contributed by atoms with Crippen molar-refractivity contribution in [3.63, 3.8) is 0 Å². The molecular weight excluding hydrogens is 451 g/mol. The standard InChI is InChI=1S/C18H18F3N7O3S/c1-3-32(30,31)27-10-6-9(17(4-5-17)16(22)29)8-23-13(10)15-24-11-7-12(18(19,20)21)25-26-14(11)28(15)2/h7-8H,3-6H2,1-2H3,(H2,22,29). The minimum Gasteiger partial charge on any atom is -0.369 e. The van der Waals surface area contributed by atoms with Crippen LogP contribution >= 0.6 is 0 Å². The molecule has 14 heteroatoms. The highest BCUT2D eigenvalue weighted by atomic mass is 32.2. The lowest BCUT2D eigenvalue weighted by Crippen LogP contribution is -2.31. The fraction of sp³-hybridized carbons (Fsp3) is 0.444. The van der Waals surface area contributed by atoms with Crippen LogP contribution in [0, 0.1) is 5.41 Å². The zero-order valence-corrected chi connectivity index (χ0v) is 17.8. The van der Waals surface area contributed by atoms with Gasteiger partial charge in [0.1, 0.15) is 11.2 Å². The smallest absolute Gasteiger partial charge is 0.369 e. The lowest BCUT2D eigenvalue weighted by molar-refractivity contribution is -0.141. The molecule has 0 unspecified atom stereocenters. The Balaban J connectivity index is 1.88. The maximum atomic E-state index is 13.0. The van der Waals surface area contributed by atoms with E-state index in [2.05, 4.69) is 24.6 Å². The summed E-state index contributed by atoms with van der Waals surface area (Å²) < 4.78 is 68.7. The number of fused-ring (bicyclic) bond motifs is 1. The Morgan fingerprint density at radius 1 is 1.31 bits per heavy atom. The summed E-state index contributed by atoms with van der Waals surface area (Å²) in [6.45, 7) is 1.42. The van der Waals surface area contributed by atoms with E-state index in [4.69, 9.17) is 5.73 Å². The van der Waals surface area contributed by atoms with Gasteiger partial charge in [-0.1, -0.05) is 0 Å². The molecule has 10 nitrogen and oxygen atoms in total. The number of primary amides is 1. The number of rotatable bonds is 5. The number of carbonyl (C=O) groups is 1. The number of hydrogen-bond acceptors (Lipinski definition) is 7. The van der Waals surface area contributed by atoms with Gasteiger partial charge >= 0.3 is 6.18 Å². The molecule has 1 aliphatic carbocycles. The number of nitrogens with two attached hydrogens (primary N) is 1. The number of alkyl halides is 3. The van der Waals surface area contributed by atoms with Gasteiger partial charge in [-0.05, 0) is 25.3 Å². The summed E-state index contributed by atoms with van der Waals surface area (Å²) in [4.78, 5) is 20.4. The second-order valence-corrected chi connectivity index (χ2v) is 9.52. The summed E-state index contributed by atoms with van der Waals surface area (Å²) in [7, 11) is -2.36. The van der Waals surface area contributed by atoms with E-state index in [0.717, 1.165) is 6.07 Å². The Labute approximate surface area is 180 Å². The molecule has 0 radical (unpaired) electrons. The molecule has 4 rings (SSSR count). The molecule has 32 heavy (non-hydrogen) atoms. The van der Waals surface area contributed by atoms with E-state index in [-0.39, 0.29) is 40.6 Å². The van der Waals surface area contributed by atoms with Crippen LogP contribution in [-0.4, -0.2) is 51.2 Å². The molecule has 1 amide bonds. The quantitative estimate of drug-likeness (QED) is 0.703. The van der Waals surface area contributed by atoms with Crippen LogP contribution in [0.1, 0.15) is 37.7 Å². The van der Waals surface area contributed by atoms with Gasteiger partial charge in [-0.15, -0.1) is 10.2 Å². The lowest BCUT2D eigenvalue weighted by atomic mass is 9.88. The Kier molecular flexibility index (Phi) is 4.95. The molecule has 2 aromatic rings. The summed E-state index contributed by atoms with van der Waals surface area (Å²) in [6.07, 6.45) is -2.24. The van der Waals surface area contributed by atoms with Gasteiger partial charge in [0.05, 0.1) is 16.9 Å². The molecule has 2 aromatic heterocycles. The van der Waals surface area contributed by atoms with Crippen molar-refractivity contribution < 1.29 is 26.4 Å². The first-order chi connectivity index (χ1) is 14.9. The fourth-order valence-electron chi connectivity index (χ4n) is 3.50. The number of halogens is 3. The van der Waals surface area contributed by atoms with E-state index in [0.29, 0.717) is 18.4 Å². The number of imidazole rings is 1. The van der Waals surface area contributed by atoms with Gasteiger partial charge in [0.15, 0.2) is 17.2 Å². The Hall–Kier alpha value is -3.16. The highest BCUT2D eigenvalue weighted by Crippen LogP contribution is 2.53. The third-order valence-electron chi connectivity index (χ3n) is 5.55. The Bertz CT molecular complexity index is 1340. The molecule has 0 saturated heterocycles.